The minimum absolute atomic E-state index is 0.0704. The third kappa shape index (κ3) is 2.27. The van der Waals surface area contributed by atoms with Crippen LogP contribution in [-0.4, -0.2) is 48.0 Å². The van der Waals surface area contributed by atoms with Gasteiger partial charge in [0.1, 0.15) is 0 Å². The molecule has 0 radical (unpaired) electrons. The van der Waals surface area contributed by atoms with E-state index < -0.39 is 0 Å². The summed E-state index contributed by atoms with van der Waals surface area (Å²) in [6, 6.07) is 0.782. The fourth-order valence-corrected chi connectivity index (χ4v) is 3.17. The Labute approximate surface area is 98.8 Å². The maximum atomic E-state index is 10.5. The van der Waals surface area contributed by atoms with Gasteiger partial charge < -0.3 is 9.84 Å². The zero-order valence-corrected chi connectivity index (χ0v) is 10.8. The lowest BCUT2D eigenvalue weighted by molar-refractivity contribution is -0.101. The van der Waals surface area contributed by atoms with Crippen molar-refractivity contribution in [3.05, 3.63) is 0 Å². The molecule has 3 unspecified atom stereocenters. The molecule has 16 heavy (non-hydrogen) atoms. The van der Waals surface area contributed by atoms with Gasteiger partial charge in [0, 0.05) is 18.6 Å². The zero-order chi connectivity index (χ0) is 11.8. The summed E-state index contributed by atoms with van der Waals surface area (Å²) in [6.07, 6.45) is 3.32. The summed E-state index contributed by atoms with van der Waals surface area (Å²) in [6.45, 7) is 9.17. The molecule has 1 N–H and O–H groups in total. The molecule has 0 aromatic carbocycles. The van der Waals surface area contributed by atoms with E-state index in [4.69, 9.17) is 4.74 Å². The summed E-state index contributed by atoms with van der Waals surface area (Å²) in [5.41, 5.74) is 0.0704. The van der Waals surface area contributed by atoms with E-state index in [-0.39, 0.29) is 11.5 Å². The Bertz CT molecular complexity index is 242. The van der Waals surface area contributed by atoms with Crippen LogP contribution in [0.5, 0.6) is 0 Å². The van der Waals surface area contributed by atoms with Crippen molar-refractivity contribution in [2.75, 3.05) is 19.8 Å². The van der Waals surface area contributed by atoms with Crippen LogP contribution in [0.2, 0.25) is 0 Å². The number of hydrogen-bond acceptors (Lipinski definition) is 3. The van der Waals surface area contributed by atoms with Crippen LogP contribution in [-0.2, 0) is 4.74 Å². The van der Waals surface area contributed by atoms with E-state index in [2.05, 4.69) is 25.7 Å². The lowest BCUT2D eigenvalue weighted by Crippen LogP contribution is -2.58. The first-order chi connectivity index (χ1) is 7.52. The molecule has 1 saturated carbocycles. The van der Waals surface area contributed by atoms with Crippen LogP contribution in [0.1, 0.15) is 40.0 Å². The Morgan fingerprint density at radius 1 is 1.38 bits per heavy atom. The average Bonchev–Trinajstić information content (AvgIpc) is 2.23. The van der Waals surface area contributed by atoms with Gasteiger partial charge in [-0.1, -0.05) is 20.3 Å². The first-order valence-electron chi connectivity index (χ1n) is 6.54. The lowest BCUT2D eigenvalue weighted by Gasteiger charge is -2.48. The van der Waals surface area contributed by atoms with E-state index >= 15 is 0 Å². The molecule has 0 aromatic rings. The van der Waals surface area contributed by atoms with E-state index in [9.17, 15) is 5.11 Å². The minimum Gasteiger partial charge on any atom is -0.391 e. The summed E-state index contributed by atoms with van der Waals surface area (Å²) in [4.78, 5) is 2.45. The molecular formula is C13H25NO2. The molecule has 2 rings (SSSR count). The summed E-state index contributed by atoms with van der Waals surface area (Å²) in [5.74, 6) is 0. The number of aliphatic hydroxyl groups is 1. The molecule has 1 heterocycles. The molecule has 0 aromatic heterocycles. The Kier molecular flexibility index (Phi) is 3.57. The van der Waals surface area contributed by atoms with Gasteiger partial charge in [0.05, 0.1) is 19.3 Å². The molecule has 1 saturated heterocycles. The summed E-state index contributed by atoms with van der Waals surface area (Å²) >= 11 is 0. The highest BCUT2D eigenvalue weighted by atomic mass is 16.5. The molecule has 0 amide bonds. The van der Waals surface area contributed by atoms with Crippen molar-refractivity contribution in [2.45, 2.75) is 58.2 Å². The Hall–Kier alpha value is -0.120. The molecule has 3 heteroatoms. The van der Waals surface area contributed by atoms with Crippen LogP contribution in [0.15, 0.2) is 0 Å². The molecule has 3 atom stereocenters. The van der Waals surface area contributed by atoms with Crippen molar-refractivity contribution in [1.29, 1.82) is 0 Å². The largest absolute Gasteiger partial charge is 0.391 e. The van der Waals surface area contributed by atoms with Crippen molar-refractivity contribution >= 4 is 0 Å². The fraction of sp³-hybridized carbons (Fsp3) is 1.00. The van der Waals surface area contributed by atoms with Crippen LogP contribution in [0, 0.1) is 5.41 Å². The molecule has 2 aliphatic rings. The van der Waals surface area contributed by atoms with E-state index in [1.54, 1.807) is 0 Å². The fourth-order valence-electron chi connectivity index (χ4n) is 3.17. The monoisotopic (exact) mass is 227 g/mol. The van der Waals surface area contributed by atoms with Crippen molar-refractivity contribution in [3.8, 4) is 0 Å². The number of nitrogens with zero attached hydrogens (tertiary/aromatic N) is 1. The first kappa shape index (κ1) is 12.3. The highest BCUT2D eigenvalue weighted by Crippen LogP contribution is 2.38. The van der Waals surface area contributed by atoms with E-state index in [0.717, 1.165) is 32.6 Å². The molecule has 94 valence electrons. The SMILES string of the molecule is CC1COCCN1C1CCCC(C)(C)C1O. The van der Waals surface area contributed by atoms with Crippen molar-refractivity contribution in [2.24, 2.45) is 5.41 Å². The second-order valence-electron chi connectivity index (χ2n) is 6.05. The predicted molar refractivity (Wildman–Crippen MR) is 64.4 cm³/mol. The van der Waals surface area contributed by atoms with Gasteiger partial charge >= 0.3 is 0 Å². The standard InChI is InChI=1S/C13H25NO2/c1-10-9-16-8-7-14(10)11-5-4-6-13(2,3)12(11)15/h10-12,15H,4-9H2,1-3H3. The van der Waals surface area contributed by atoms with Gasteiger partial charge in [0.2, 0.25) is 0 Å². The number of rotatable bonds is 1. The van der Waals surface area contributed by atoms with Crippen molar-refractivity contribution < 1.29 is 9.84 Å². The van der Waals surface area contributed by atoms with Gasteiger partial charge in [-0.2, -0.15) is 0 Å². The highest BCUT2D eigenvalue weighted by molar-refractivity contribution is 4.95. The van der Waals surface area contributed by atoms with Gasteiger partial charge in [-0.15, -0.1) is 0 Å². The summed E-state index contributed by atoms with van der Waals surface area (Å²) in [7, 11) is 0. The maximum absolute atomic E-state index is 10.5. The number of morpholine rings is 1. The zero-order valence-electron chi connectivity index (χ0n) is 10.8. The smallest absolute Gasteiger partial charge is 0.0746 e. The molecule has 1 aliphatic carbocycles. The second kappa shape index (κ2) is 4.63. The van der Waals surface area contributed by atoms with E-state index in [1.165, 1.54) is 6.42 Å². The molecule has 1 aliphatic heterocycles. The quantitative estimate of drug-likeness (QED) is 0.739. The Morgan fingerprint density at radius 2 is 2.12 bits per heavy atom. The molecule has 0 spiro atoms. The Balaban J connectivity index is 2.07. The molecule has 3 nitrogen and oxygen atoms in total. The first-order valence-corrected chi connectivity index (χ1v) is 6.54. The van der Waals surface area contributed by atoms with Crippen LogP contribution in [0.3, 0.4) is 0 Å². The summed E-state index contributed by atoms with van der Waals surface area (Å²) in [5, 5.41) is 10.5. The van der Waals surface area contributed by atoms with Crippen molar-refractivity contribution in [3.63, 3.8) is 0 Å². The second-order valence-corrected chi connectivity index (χ2v) is 6.05. The van der Waals surface area contributed by atoms with Gasteiger partial charge in [-0.05, 0) is 25.2 Å². The third-order valence-corrected chi connectivity index (χ3v) is 4.33. The predicted octanol–water partition coefficient (Wildman–Crippen LogP) is 1.65. The van der Waals surface area contributed by atoms with Gasteiger partial charge in [-0.25, -0.2) is 0 Å². The average molecular weight is 227 g/mol. The van der Waals surface area contributed by atoms with Gasteiger partial charge in [-0.3, -0.25) is 4.90 Å². The van der Waals surface area contributed by atoms with Gasteiger partial charge in [0.25, 0.3) is 0 Å². The minimum atomic E-state index is -0.193. The number of ether oxygens (including phenoxy) is 1. The molecule has 2 fully saturated rings. The van der Waals surface area contributed by atoms with Crippen LogP contribution in [0.25, 0.3) is 0 Å². The van der Waals surface area contributed by atoms with Gasteiger partial charge in [0.15, 0.2) is 0 Å². The lowest BCUT2D eigenvalue weighted by atomic mass is 9.72. The molecular weight excluding hydrogens is 202 g/mol. The normalized spacial score (nSPS) is 40.9. The topological polar surface area (TPSA) is 32.7 Å². The third-order valence-electron chi connectivity index (χ3n) is 4.33. The van der Waals surface area contributed by atoms with Crippen LogP contribution in [0.4, 0.5) is 0 Å². The Morgan fingerprint density at radius 3 is 2.81 bits per heavy atom. The number of aliphatic hydroxyl groups excluding tert-OH is 1. The van der Waals surface area contributed by atoms with Crippen LogP contribution >= 0.6 is 0 Å². The van der Waals surface area contributed by atoms with Crippen molar-refractivity contribution in [1.82, 2.24) is 4.90 Å². The van der Waals surface area contributed by atoms with E-state index in [1.807, 2.05) is 0 Å². The number of hydrogen-bond donors (Lipinski definition) is 1. The highest BCUT2D eigenvalue weighted by Gasteiger charge is 2.42. The maximum Gasteiger partial charge on any atom is 0.0746 e. The van der Waals surface area contributed by atoms with E-state index in [0.29, 0.717) is 12.1 Å². The summed E-state index contributed by atoms with van der Waals surface area (Å²) < 4.78 is 5.47. The molecule has 0 bridgehead atoms. The van der Waals surface area contributed by atoms with Crippen LogP contribution < -0.4 is 0 Å².